The molecular weight excluding hydrogens is 334 g/mol. The SMILES string of the molecule is Cl.O=C(OCC#CCN1CCCC1)C1(c2ccccc2)CCCCC1. The summed E-state index contributed by atoms with van der Waals surface area (Å²) >= 11 is 0. The van der Waals surface area contributed by atoms with E-state index in [1.165, 1.54) is 19.3 Å². The number of carbonyl (C=O) groups excluding carboxylic acids is 1. The van der Waals surface area contributed by atoms with Crippen LogP contribution in [0.3, 0.4) is 0 Å². The maximum Gasteiger partial charge on any atom is 0.317 e. The summed E-state index contributed by atoms with van der Waals surface area (Å²) in [5.74, 6) is 6.06. The second-order valence-corrected chi connectivity index (χ2v) is 6.92. The Morgan fingerprint density at radius 2 is 1.68 bits per heavy atom. The van der Waals surface area contributed by atoms with Crippen molar-refractivity contribution >= 4 is 18.4 Å². The molecule has 0 spiro atoms. The molecule has 0 unspecified atom stereocenters. The van der Waals surface area contributed by atoms with Crippen molar-refractivity contribution in [2.45, 2.75) is 50.4 Å². The molecule has 4 heteroatoms. The van der Waals surface area contributed by atoms with E-state index in [-0.39, 0.29) is 25.0 Å². The van der Waals surface area contributed by atoms with Crippen molar-refractivity contribution in [3.8, 4) is 11.8 Å². The number of carbonyl (C=O) groups is 1. The van der Waals surface area contributed by atoms with Crippen molar-refractivity contribution in [2.75, 3.05) is 26.2 Å². The van der Waals surface area contributed by atoms with E-state index in [0.717, 1.165) is 50.9 Å². The van der Waals surface area contributed by atoms with Gasteiger partial charge in [-0.3, -0.25) is 9.69 Å². The van der Waals surface area contributed by atoms with E-state index in [1.54, 1.807) is 0 Å². The normalized spacial score (nSPS) is 19.4. The van der Waals surface area contributed by atoms with Crippen molar-refractivity contribution in [3.05, 3.63) is 35.9 Å². The smallest absolute Gasteiger partial charge is 0.317 e. The Kier molecular flexibility index (Phi) is 7.81. The second kappa shape index (κ2) is 9.85. The second-order valence-electron chi connectivity index (χ2n) is 6.92. The van der Waals surface area contributed by atoms with Crippen LogP contribution >= 0.6 is 12.4 Å². The van der Waals surface area contributed by atoms with Gasteiger partial charge in [-0.05, 0) is 44.3 Å². The fourth-order valence-electron chi connectivity index (χ4n) is 3.92. The summed E-state index contributed by atoms with van der Waals surface area (Å²) in [6.45, 7) is 3.29. The standard InChI is InChI=1S/C21H27NO2.ClH/c23-20(24-18-10-9-17-22-15-7-8-16-22)21(13-5-2-6-14-21)19-11-3-1-4-12-19;/h1,3-4,11-12H,2,5-8,13-18H2;1H. The lowest BCUT2D eigenvalue weighted by Crippen LogP contribution is -2.39. The quantitative estimate of drug-likeness (QED) is 0.600. The van der Waals surface area contributed by atoms with E-state index in [4.69, 9.17) is 4.74 Å². The van der Waals surface area contributed by atoms with Crippen molar-refractivity contribution in [1.29, 1.82) is 0 Å². The molecule has 0 bridgehead atoms. The van der Waals surface area contributed by atoms with Crippen molar-refractivity contribution < 1.29 is 9.53 Å². The zero-order valence-electron chi connectivity index (χ0n) is 14.8. The van der Waals surface area contributed by atoms with E-state index >= 15 is 0 Å². The number of nitrogens with zero attached hydrogens (tertiary/aromatic N) is 1. The van der Waals surface area contributed by atoms with E-state index in [1.807, 2.05) is 18.2 Å². The fraction of sp³-hybridized carbons (Fsp3) is 0.571. The summed E-state index contributed by atoms with van der Waals surface area (Å²) in [4.78, 5) is 15.2. The summed E-state index contributed by atoms with van der Waals surface area (Å²) in [5, 5.41) is 0. The highest BCUT2D eigenvalue weighted by Gasteiger charge is 2.42. The number of rotatable bonds is 4. The van der Waals surface area contributed by atoms with E-state index in [9.17, 15) is 4.79 Å². The molecule has 1 saturated heterocycles. The molecule has 2 fully saturated rings. The molecule has 0 aromatic heterocycles. The number of ether oxygens (including phenoxy) is 1. The number of hydrogen-bond donors (Lipinski definition) is 0. The largest absolute Gasteiger partial charge is 0.452 e. The Hall–Kier alpha value is -1.50. The fourth-order valence-corrected chi connectivity index (χ4v) is 3.92. The van der Waals surface area contributed by atoms with Crippen molar-refractivity contribution in [3.63, 3.8) is 0 Å². The summed E-state index contributed by atoms with van der Waals surface area (Å²) in [6.07, 6.45) is 7.70. The molecule has 1 aliphatic carbocycles. The summed E-state index contributed by atoms with van der Waals surface area (Å²) in [5.41, 5.74) is 0.635. The zero-order valence-corrected chi connectivity index (χ0v) is 15.7. The van der Waals surface area contributed by atoms with Gasteiger partial charge in [-0.2, -0.15) is 0 Å². The predicted molar refractivity (Wildman–Crippen MR) is 103 cm³/mol. The molecule has 1 heterocycles. The summed E-state index contributed by atoms with van der Waals surface area (Å²) < 4.78 is 5.57. The van der Waals surface area contributed by atoms with Gasteiger partial charge in [-0.1, -0.05) is 61.4 Å². The molecule has 1 saturated carbocycles. The number of hydrogen-bond acceptors (Lipinski definition) is 3. The van der Waals surface area contributed by atoms with Gasteiger partial charge in [0.15, 0.2) is 6.61 Å². The van der Waals surface area contributed by atoms with E-state index in [2.05, 4.69) is 28.9 Å². The average Bonchev–Trinajstić information content (AvgIpc) is 3.16. The Bertz CT molecular complexity index is 593. The Balaban J connectivity index is 0.00000225. The van der Waals surface area contributed by atoms with Gasteiger partial charge in [0.05, 0.1) is 12.0 Å². The minimum absolute atomic E-state index is 0. The van der Waals surface area contributed by atoms with Crippen molar-refractivity contribution in [2.24, 2.45) is 0 Å². The minimum atomic E-state index is -0.462. The first-order valence-corrected chi connectivity index (χ1v) is 9.22. The molecular formula is C21H28ClNO2. The third kappa shape index (κ3) is 5.00. The third-order valence-electron chi connectivity index (χ3n) is 5.33. The van der Waals surface area contributed by atoms with Crippen LogP contribution in [0.1, 0.15) is 50.5 Å². The molecule has 0 N–H and O–H groups in total. The van der Waals surface area contributed by atoms with Crippen LogP contribution in [0.15, 0.2) is 30.3 Å². The summed E-state index contributed by atoms with van der Waals surface area (Å²) in [6, 6.07) is 10.1. The predicted octanol–water partition coefficient (Wildman–Crippen LogP) is 3.95. The van der Waals surface area contributed by atoms with Crippen LogP contribution in [-0.4, -0.2) is 37.1 Å². The highest BCUT2D eigenvalue weighted by atomic mass is 35.5. The van der Waals surface area contributed by atoms with Crippen LogP contribution < -0.4 is 0 Å². The lowest BCUT2D eigenvalue weighted by molar-refractivity contribution is -0.150. The molecule has 1 aromatic carbocycles. The van der Waals surface area contributed by atoms with Crippen LogP contribution in [0.4, 0.5) is 0 Å². The van der Waals surface area contributed by atoms with Crippen LogP contribution in [0, 0.1) is 11.8 Å². The first kappa shape index (κ1) is 19.8. The molecule has 2 aliphatic rings. The Labute approximate surface area is 157 Å². The van der Waals surface area contributed by atoms with Crippen molar-refractivity contribution in [1.82, 2.24) is 4.90 Å². The number of benzene rings is 1. The van der Waals surface area contributed by atoms with Crippen LogP contribution in [0.2, 0.25) is 0 Å². The van der Waals surface area contributed by atoms with Gasteiger partial charge >= 0.3 is 5.97 Å². The highest BCUT2D eigenvalue weighted by molar-refractivity contribution is 5.85. The average molecular weight is 362 g/mol. The first-order chi connectivity index (χ1) is 11.8. The maximum absolute atomic E-state index is 12.8. The lowest BCUT2D eigenvalue weighted by Gasteiger charge is -2.35. The zero-order chi connectivity index (χ0) is 16.7. The topological polar surface area (TPSA) is 29.5 Å². The van der Waals surface area contributed by atoms with Crippen LogP contribution in [0.5, 0.6) is 0 Å². The summed E-state index contributed by atoms with van der Waals surface area (Å²) in [7, 11) is 0. The molecule has 3 rings (SSSR count). The molecule has 1 aliphatic heterocycles. The van der Waals surface area contributed by atoms with Gasteiger partial charge in [-0.15, -0.1) is 12.4 Å². The molecule has 0 atom stereocenters. The highest BCUT2D eigenvalue weighted by Crippen LogP contribution is 2.40. The van der Waals surface area contributed by atoms with Gasteiger partial charge in [0.25, 0.3) is 0 Å². The lowest BCUT2D eigenvalue weighted by atomic mass is 9.69. The van der Waals surface area contributed by atoms with Crippen LogP contribution in [0.25, 0.3) is 0 Å². The molecule has 25 heavy (non-hydrogen) atoms. The van der Waals surface area contributed by atoms with Gasteiger partial charge in [0.1, 0.15) is 0 Å². The molecule has 136 valence electrons. The minimum Gasteiger partial charge on any atom is -0.452 e. The van der Waals surface area contributed by atoms with Gasteiger partial charge in [0.2, 0.25) is 0 Å². The maximum atomic E-state index is 12.8. The molecule has 1 aromatic rings. The number of halogens is 1. The van der Waals surface area contributed by atoms with Gasteiger partial charge < -0.3 is 4.74 Å². The van der Waals surface area contributed by atoms with Crippen LogP contribution in [-0.2, 0) is 14.9 Å². The Morgan fingerprint density at radius 1 is 1.00 bits per heavy atom. The number of esters is 1. The van der Waals surface area contributed by atoms with Gasteiger partial charge in [0, 0.05) is 0 Å². The third-order valence-corrected chi connectivity index (χ3v) is 5.33. The molecule has 3 nitrogen and oxygen atoms in total. The number of likely N-dealkylation sites (tertiary alicyclic amines) is 1. The Morgan fingerprint density at radius 3 is 2.36 bits per heavy atom. The van der Waals surface area contributed by atoms with Gasteiger partial charge in [-0.25, -0.2) is 0 Å². The van der Waals surface area contributed by atoms with E-state index in [0.29, 0.717) is 0 Å². The van der Waals surface area contributed by atoms with E-state index < -0.39 is 5.41 Å². The monoisotopic (exact) mass is 361 g/mol. The molecule has 0 radical (unpaired) electrons. The first-order valence-electron chi connectivity index (χ1n) is 9.22. The molecule has 0 amide bonds.